The summed E-state index contributed by atoms with van der Waals surface area (Å²) in [5.74, 6) is 0. The summed E-state index contributed by atoms with van der Waals surface area (Å²) < 4.78 is 2.40. The molecule has 0 spiro atoms. The Balaban J connectivity index is 1.89. The van der Waals surface area contributed by atoms with Crippen LogP contribution in [0.5, 0.6) is 0 Å². The van der Waals surface area contributed by atoms with Crippen LogP contribution in [0.3, 0.4) is 0 Å². The summed E-state index contributed by atoms with van der Waals surface area (Å²) in [6, 6.07) is 28.3. The van der Waals surface area contributed by atoms with E-state index in [-0.39, 0.29) is 0 Å². The predicted molar refractivity (Wildman–Crippen MR) is 120 cm³/mol. The molecular formula is C26H20N2. The van der Waals surface area contributed by atoms with E-state index < -0.39 is 0 Å². The normalized spacial score (nSPS) is 11.9. The molecule has 0 unspecified atom stereocenters. The van der Waals surface area contributed by atoms with E-state index in [1.54, 1.807) is 0 Å². The fraction of sp³-hybridized carbons (Fsp3) is 0.0769. The van der Waals surface area contributed by atoms with Crippen molar-refractivity contribution in [2.75, 3.05) is 0 Å². The Morgan fingerprint density at radius 3 is 2.25 bits per heavy atom. The van der Waals surface area contributed by atoms with Gasteiger partial charge in [0.15, 0.2) is 0 Å². The van der Waals surface area contributed by atoms with Gasteiger partial charge in [-0.15, -0.1) is 0 Å². The highest BCUT2D eigenvalue weighted by Crippen LogP contribution is 2.39. The molecule has 4 aromatic carbocycles. The fourth-order valence-electron chi connectivity index (χ4n) is 4.72. The van der Waals surface area contributed by atoms with Crippen LogP contribution in [0.15, 0.2) is 78.9 Å². The summed E-state index contributed by atoms with van der Waals surface area (Å²) >= 11 is 0. The van der Waals surface area contributed by atoms with Gasteiger partial charge in [-0.05, 0) is 49.2 Å². The van der Waals surface area contributed by atoms with Gasteiger partial charge in [0.05, 0.1) is 16.6 Å². The van der Waals surface area contributed by atoms with Gasteiger partial charge in [-0.3, -0.25) is 0 Å². The first kappa shape index (κ1) is 15.5. The van der Waals surface area contributed by atoms with E-state index in [1.165, 1.54) is 60.4 Å². The van der Waals surface area contributed by atoms with Gasteiger partial charge in [-0.2, -0.15) is 0 Å². The second-order valence-electron chi connectivity index (χ2n) is 7.63. The van der Waals surface area contributed by atoms with Gasteiger partial charge in [0.25, 0.3) is 0 Å². The number of H-pyrrole nitrogens is 1. The zero-order chi connectivity index (χ0) is 18.8. The molecule has 0 atom stereocenters. The van der Waals surface area contributed by atoms with Crippen LogP contribution in [0.2, 0.25) is 0 Å². The molecule has 0 amide bonds. The number of rotatable bonds is 1. The van der Waals surface area contributed by atoms with E-state index >= 15 is 0 Å². The average molecular weight is 360 g/mol. The molecule has 6 aromatic rings. The van der Waals surface area contributed by atoms with Crippen LogP contribution in [-0.4, -0.2) is 9.55 Å². The van der Waals surface area contributed by atoms with Crippen molar-refractivity contribution in [2.24, 2.45) is 0 Å². The highest BCUT2D eigenvalue weighted by molar-refractivity contribution is 6.20. The Labute approximate surface area is 163 Å². The number of benzene rings is 4. The molecule has 0 saturated heterocycles. The van der Waals surface area contributed by atoms with E-state index in [1.807, 2.05) is 0 Å². The van der Waals surface area contributed by atoms with E-state index in [9.17, 15) is 0 Å². The third-order valence-electron chi connectivity index (χ3n) is 6.03. The number of aryl methyl sites for hydroxylation is 2. The van der Waals surface area contributed by atoms with Crippen LogP contribution < -0.4 is 0 Å². The van der Waals surface area contributed by atoms with Crippen LogP contribution in [0.4, 0.5) is 0 Å². The molecule has 1 N–H and O–H groups in total. The van der Waals surface area contributed by atoms with E-state index in [0.717, 1.165) is 0 Å². The molecule has 2 heterocycles. The quantitative estimate of drug-likeness (QED) is 0.325. The molecule has 0 fully saturated rings. The van der Waals surface area contributed by atoms with Crippen molar-refractivity contribution in [3.05, 3.63) is 90.0 Å². The first-order valence-electron chi connectivity index (χ1n) is 9.73. The maximum atomic E-state index is 3.72. The predicted octanol–water partition coefficient (Wildman–Crippen LogP) is 7.04. The lowest BCUT2D eigenvalue weighted by Gasteiger charge is -2.10. The maximum absolute atomic E-state index is 3.72. The molecular weight excluding hydrogens is 340 g/mol. The molecule has 134 valence electrons. The van der Waals surface area contributed by atoms with Crippen LogP contribution in [0.25, 0.3) is 49.3 Å². The van der Waals surface area contributed by atoms with E-state index in [2.05, 4.69) is 102 Å². The molecule has 0 aliphatic carbocycles. The van der Waals surface area contributed by atoms with E-state index in [4.69, 9.17) is 0 Å². The zero-order valence-corrected chi connectivity index (χ0v) is 16.0. The highest BCUT2D eigenvalue weighted by atomic mass is 15.0. The molecule has 2 nitrogen and oxygen atoms in total. The van der Waals surface area contributed by atoms with Gasteiger partial charge < -0.3 is 9.55 Å². The molecule has 2 heteroatoms. The summed E-state index contributed by atoms with van der Waals surface area (Å²) in [6.45, 7) is 4.42. The van der Waals surface area contributed by atoms with Gasteiger partial charge in [-0.25, -0.2) is 0 Å². The number of hydrogen-bond donors (Lipinski definition) is 1. The van der Waals surface area contributed by atoms with Gasteiger partial charge in [0.1, 0.15) is 0 Å². The van der Waals surface area contributed by atoms with Crippen molar-refractivity contribution in [3.8, 4) is 5.69 Å². The Hall–Kier alpha value is -3.52. The third kappa shape index (κ3) is 1.92. The first-order valence-corrected chi connectivity index (χ1v) is 9.73. The Morgan fingerprint density at radius 1 is 0.643 bits per heavy atom. The van der Waals surface area contributed by atoms with Crippen LogP contribution in [0, 0.1) is 13.8 Å². The van der Waals surface area contributed by atoms with Crippen molar-refractivity contribution >= 4 is 43.6 Å². The smallest absolute Gasteiger partial charge is 0.0591 e. The number of aromatic amines is 1. The minimum atomic E-state index is 1.20. The summed E-state index contributed by atoms with van der Waals surface area (Å²) in [4.78, 5) is 3.72. The van der Waals surface area contributed by atoms with Crippen LogP contribution in [-0.2, 0) is 0 Å². The number of nitrogens with one attached hydrogen (secondary N) is 1. The topological polar surface area (TPSA) is 20.7 Å². The molecule has 28 heavy (non-hydrogen) atoms. The van der Waals surface area contributed by atoms with Crippen molar-refractivity contribution in [3.63, 3.8) is 0 Å². The second-order valence-corrected chi connectivity index (χ2v) is 7.63. The first-order chi connectivity index (χ1) is 13.7. The monoisotopic (exact) mass is 360 g/mol. The maximum Gasteiger partial charge on any atom is 0.0591 e. The number of hydrogen-bond acceptors (Lipinski definition) is 0. The Morgan fingerprint density at radius 2 is 1.39 bits per heavy atom. The Kier molecular flexibility index (Phi) is 3.05. The second kappa shape index (κ2) is 5.49. The lowest BCUT2D eigenvalue weighted by molar-refractivity contribution is 1.17. The molecule has 0 aliphatic heterocycles. The average Bonchev–Trinajstić information content (AvgIpc) is 3.27. The van der Waals surface area contributed by atoms with Crippen molar-refractivity contribution < 1.29 is 0 Å². The minimum Gasteiger partial charge on any atom is -0.354 e. The SMILES string of the molecule is Cc1cccc2c1[nH]c1c(C)c3c(cc12)c1ccccc1n3-c1ccccc1. The molecule has 2 aromatic heterocycles. The van der Waals surface area contributed by atoms with Gasteiger partial charge in [0, 0.05) is 32.7 Å². The fourth-order valence-corrected chi connectivity index (χ4v) is 4.72. The lowest BCUT2D eigenvalue weighted by Crippen LogP contribution is -1.95. The largest absolute Gasteiger partial charge is 0.354 e. The van der Waals surface area contributed by atoms with Crippen LogP contribution in [0.1, 0.15) is 11.1 Å². The van der Waals surface area contributed by atoms with Crippen LogP contribution >= 0.6 is 0 Å². The lowest BCUT2D eigenvalue weighted by atomic mass is 10.0. The zero-order valence-electron chi connectivity index (χ0n) is 16.0. The number of para-hydroxylation sites is 3. The molecule has 0 bridgehead atoms. The van der Waals surface area contributed by atoms with Gasteiger partial charge in [-0.1, -0.05) is 54.6 Å². The van der Waals surface area contributed by atoms with Gasteiger partial charge in [0.2, 0.25) is 0 Å². The summed E-state index contributed by atoms with van der Waals surface area (Å²) in [6.07, 6.45) is 0. The number of nitrogens with zero attached hydrogens (tertiary/aromatic N) is 1. The summed E-state index contributed by atoms with van der Waals surface area (Å²) in [5, 5.41) is 5.22. The molecule has 0 saturated carbocycles. The van der Waals surface area contributed by atoms with Crippen molar-refractivity contribution in [1.29, 1.82) is 0 Å². The Bertz CT molecular complexity index is 1510. The summed E-state index contributed by atoms with van der Waals surface area (Å²) in [5.41, 5.74) is 8.78. The standard InChI is InChI=1S/C26H20N2/c1-16-9-8-13-20-21-15-22-19-12-6-7-14-23(19)28(18-10-4-3-5-11-18)26(22)17(2)25(21)27-24(16)20/h3-15,27H,1-2H3. The highest BCUT2D eigenvalue weighted by Gasteiger charge is 2.18. The molecule has 6 rings (SSSR count). The third-order valence-corrected chi connectivity index (χ3v) is 6.03. The van der Waals surface area contributed by atoms with Crippen molar-refractivity contribution in [2.45, 2.75) is 13.8 Å². The minimum absolute atomic E-state index is 1.20. The van der Waals surface area contributed by atoms with E-state index in [0.29, 0.717) is 0 Å². The summed E-state index contributed by atoms with van der Waals surface area (Å²) in [7, 11) is 0. The molecule has 0 radical (unpaired) electrons. The molecule has 0 aliphatic rings. The van der Waals surface area contributed by atoms with Crippen molar-refractivity contribution in [1.82, 2.24) is 9.55 Å². The van der Waals surface area contributed by atoms with Gasteiger partial charge >= 0.3 is 0 Å². The number of fused-ring (bicyclic) bond motifs is 6. The number of aromatic nitrogens is 2.